The third-order valence-electron chi connectivity index (χ3n) is 4.42. The zero-order valence-corrected chi connectivity index (χ0v) is 16.7. The molecule has 2 atom stereocenters. The Kier molecular flexibility index (Phi) is 5.65. The molecule has 0 bridgehead atoms. The number of sulfonamides is 1. The zero-order chi connectivity index (χ0) is 17.9. The van der Waals surface area contributed by atoms with Crippen molar-refractivity contribution in [3.63, 3.8) is 0 Å². The van der Waals surface area contributed by atoms with Crippen molar-refractivity contribution in [2.45, 2.75) is 42.3 Å². The highest BCUT2D eigenvalue weighted by atomic mass is 79.9. The van der Waals surface area contributed by atoms with Crippen molar-refractivity contribution in [2.75, 3.05) is 13.2 Å². The Labute approximate surface area is 158 Å². The Hall–Kier alpha value is -1.18. The van der Waals surface area contributed by atoms with E-state index in [0.29, 0.717) is 19.6 Å². The van der Waals surface area contributed by atoms with Crippen molar-refractivity contribution >= 4 is 32.2 Å². The number of rotatable bonds is 6. The number of alkyl halides is 1. The lowest BCUT2D eigenvalue weighted by atomic mass is 10.1. The number of ether oxygens (including phenoxy) is 1. The fourth-order valence-electron chi connectivity index (χ4n) is 3.21. The van der Waals surface area contributed by atoms with Gasteiger partial charge in [0.25, 0.3) is 0 Å². The van der Waals surface area contributed by atoms with Gasteiger partial charge in [-0.3, -0.25) is 4.99 Å². The molecule has 0 aromatic heterocycles. The van der Waals surface area contributed by atoms with Gasteiger partial charge in [-0.1, -0.05) is 46.3 Å². The number of hydrogen-bond acceptors (Lipinski definition) is 4. The fraction of sp³-hybridized carbons (Fsp3) is 0.500. The van der Waals surface area contributed by atoms with Gasteiger partial charge in [-0.05, 0) is 25.3 Å². The summed E-state index contributed by atoms with van der Waals surface area (Å²) in [6.45, 7) is 2.97. The van der Waals surface area contributed by atoms with Gasteiger partial charge in [-0.15, -0.1) is 0 Å². The molecule has 136 valence electrons. The van der Waals surface area contributed by atoms with Crippen molar-refractivity contribution in [3.05, 3.63) is 47.9 Å². The Balaban J connectivity index is 1.62. The molecule has 2 aliphatic heterocycles. The van der Waals surface area contributed by atoms with Crippen LogP contribution in [-0.2, 0) is 20.5 Å². The highest BCUT2D eigenvalue weighted by molar-refractivity contribution is 9.10. The van der Waals surface area contributed by atoms with Crippen LogP contribution in [0.4, 0.5) is 0 Å². The third kappa shape index (κ3) is 4.92. The maximum Gasteiger partial charge on any atom is 0.218 e. The smallest absolute Gasteiger partial charge is 0.218 e. The first kappa shape index (κ1) is 18.6. The first-order valence-corrected chi connectivity index (χ1v) is 10.8. The highest BCUT2D eigenvalue weighted by Gasteiger charge is 2.35. The zero-order valence-electron chi connectivity index (χ0n) is 14.3. The normalized spacial score (nSPS) is 27.3. The lowest BCUT2D eigenvalue weighted by Crippen LogP contribution is -2.39. The standard InChI is InChI=1S/C18H23BrN2O3S/c1-18(19)10-17(11-20-14-18)24-12-16-8-5-9-21(16)25(22,23)13-15-6-3-2-4-7-15/h2-4,6-7,11,14,16H,5,8-10,12-13H2,1H3/t16-,18?/m1/s1. The number of nitrogens with zero attached hydrogens (tertiary/aromatic N) is 2. The van der Waals surface area contributed by atoms with Crippen LogP contribution in [0.2, 0.25) is 0 Å². The van der Waals surface area contributed by atoms with Crippen molar-refractivity contribution < 1.29 is 13.2 Å². The minimum Gasteiger partial charge on any atom is -0.495 e. The Morgan fingerprint density at radius 2 is 2.12 bits per heavy atom. The topological polar surface area (TPSA) is 59.0 Å². The fourth-order valence-corrected chi connectivity index (χ4v) is 5.41. The quantitative estimate of drug-likeness (QED) is 0.654. The van der Waals surface area contributed by atoms with Gasteiger partial charge in [-0.2, -0.15) is 4.31 Å². The highest BCUT2D eigenvalue weighted by Crippen LogP contribution is 2.29. The van der Waals surface area contributed by atoms with Gasteiger partial charge in [0, 0.05) is 19.2 Å². The molecule has 0 radical (unpaired) electrons. The van der Waals surface area contributed by atoms with Crippen LogP contribution in [0, 0.1) is 0 Å². The summed E-state index contributed by atoms with van der Waals surface area (Å²) >= 11 is 3.59. The van der Waals surface area contributed by atoms with Gasteiger partial charge < -0.3 is 4.74 Å². The number of allylic oxidation sites excluding steroid dienone is 1. The minimum atomic E-state index is -3.34. The molecule has 1 saturated heterocycles. The lowest BCUT2D eigenvalue weighted by Gasteiger charge is -2.27. The van der Waals surface area contributed by atoms with E-state index >= 15 is 0 Å². The molecule has 2 aliphatic rings. The molecule has 0 saturated carbocycles. The van der Waals surface area contributed by atoms with Crippen molar-refractivity contribution in [2.24, 2.45) is 4.99 Å². The molecule has 1 aromatic carbocycles. The van der Waals surface area contributed by atoms with E-state index in [2.05, 4.69) is 20.9 Å². The van der Waals surface area contributed by atoms with Crippen molar-refractivity contribution in [1.29, 1.82) is 0 Å². The van der Waals surface area contributed by atoms with Gasteiger partial charge in [0.2, 0.25) is 10.0 Å². The third-order valence-corrected chi connectivity index (χ3v) is 6.79. The van der Waals surface area contributed by atoms with Crippen LogP contribution in [0.5, 0.6) is 0 Å². The molecule has 5 nitrogen and oxygen atoms in total. The summed E-state index contributed by atoms with van der Waals surface area (Å²) in [4.78, 5) is 4.19. The van der Waals surface area contributed by atoms with E-state index in [4.69, 9.17) is 4.74 Å². The van der Waals surface area contributed by atoms with E-state index in [0.717, 1.165) is 24.2 Å². The van der Waals surface area contributed by atoms with Gasteiger partial charge >= 0.3 is 0 Å². The summed E-state index contributed by atoms with van der Waals surface area (Å²) in [5.41, 5.74) is 0.813. The van der Waals surface area contributed by atoms with Crippen molar-refractivity contribution in [3.8, 4) is 0 Å². The number of hydrogen-bond donors (Lipinski definition) is 0. The summed E-state index contributed by atoms with van der Waals surface area (Å²) in [6.07, 6.45) is 5.96. The van der Waals surface area contributed by atoms with Crippen LogP contribution in [-0.4, -0.2) is 42.5 Å². The SMILES string of the molecule is CC1(Br)C=NC=C(OC[C@H]2CCCN2S(=O)(=O)Cc2ccccc2)C1. The van der Waals surface area contributed by atoms with Crippen LogP contribution in [0.15, 0.2) is 47.3 Å². The van der Waals surface area contributed by atoms with Crippen molar-refractivity contribution in [1.82, 2.24) is 4.31 Å². The van der Waals surface area contributed by atoms with Crippen LogP contribution in [0.3, 0.4) is 0 Å². The van der Waals surface area contributed by atoms with Crippen LogP contribution < -0.4 is 0 Å². The van der Waals surface area contributed by atoms with Crippen LogP contribution in [0.25, 0.3) is 0 Å². The second-order valence-electron chi connectivity index (χ2n) is 6.79. The largest absolute Gasteiger partial charge is 0.495 e. The lowest BCUT2D eigenvalue weighted by molar-refractivity contribution is 0.151. The van der Waals surface area contributed by atoms with E-state index in [-0.39, 0.29) is 16.1 Å². The molecular weight excluding hydrogens is 404 g/mol. The second-order valence-corrected chi connectivity index (χ2v) is 10.5. The molecule has 0 amide bonds. The molecule has 7 heteroatoms. The summed E-state index contributed by atoms with van der Waals surface area (Å²) in [5.74, 6) is 0.825. The molecule has 2 heterocycles. The maximum atomic E-state index is 12.8. The molecule has 1 aromatic rings. The van der Waals surface area contributed by atoms with E-state index in [1.807, 2.05) is 43.5 Å². The number of halogens is 1. The molecule has 0 aliphatic carbocycles. The van der Waals surface area contributed by atoms with Gasteiger partial charge in [0.1, 0.15) is 12.4 Å². The van der Waals surface area contributed by atoms with Gasteiger partial charge in [0.05, 0.1) is 22.3 Å². The van der Waals surface area contributed by atoms with E-state index in [1.54, 1.807) is 10.5 Å². The Morgan fingerprint density at radius 1 is 1.36 bits per heavy atom. The number of aliphatic imine (C=N–C) groups is 1. The summed E-state index contributed by atoms with van der Waals surface area (Å²) in [5, 5.41) is 0. The van der Waals surface area contributed by atoms with Gasteiger partial charge in [-0.25, -0.2) is 8.42 Å². The Morgan fingerprint density at radius 3 is 2.84 bits per heavy atom. The average Bonchev–Trinajstić information content (AvgIpc) is 3.02. The molecule has 25 heavy (non-hydrogen) atoms. The first-order valence-electron chi connectivity index (χ1n) is 8.44. The molecular formula is C18H23BrN2O3S. The minimum absolute atomic E-state index is 0.0385. The molecule has 0 N–H and O–H groups in total. The van der Waals surface area contributed by atoms with Crippen LogP contribution >= 0.6 is 15.9 Å². The predicted molar refractivity (Wildman–Crippen MR) is 103 cm³/mol. The monoisotopic (exact) mass is 426 g/mol. The van der Waals surface area contributed by atoms with E-state index < -0.39 is 10.0 Å². The summed E-state index contributed by atoms with van der Waals surface area (Å²) in [6, 6.07) is 9.20. The first-order chi connectivity index (χ1) is 11.9. The second kappa shape index (κ2) is 7.60. The molecule has 1 fully saturated rings. The van der Waals surface area contributed by atoms with Crippen LogP contribution in [0.1, 0.15) is 31.7 Å². The van der Waals surface area contributed by atoms with E-state index in [9.17, 15) is 8.42 Å². The number of benzene rings is 1. The summed E-state index contributed by atoms with van der Waals surface area (Å²) < 4.78 is 32.9. The molecule has 0 spiro atoms. The summed E-state index contributed by atoms with van der Waals surface area (Å²) in [7, 11) is -3.34. The maximum absolute atomic E-state index is 12.8. The average molecular weight is 427 g/mol. The predicted octanol–water partition coefficient (Wildman–Crippen LogP) is 3.47. The molecule has 1 unspecified atom stereocenters. The molecule has 3 rings (SSSR count). The Bertz CT molecular complexity index is 760. The van der Waals surface area contributed by atoms with E-state index in [1.165, 1.54) is 0 Å². The van der Waals surface area contributed by atoms with Gasteiger partial charge in [0.15, 0.2) is 0 Å².